The van der Waals surface area contributed by atoms with Gasteiger partial charge in [0.1, 0.15) is 0 Å². The molecule has 1 aromatic carbocycles. The molecule has 19 heavy (non-hydrogen) atoms. The molecule has 1 aromatic heterocycles. The van der Waals surface area contributed by atoms with Crippen LogP contribution >= 0.6 is 0 Å². The van der Waals surface area contributed by atoms with Gasteiger partial charge in [0, 0.05) is 28.6 Å². The Balaban J connectivity index is 2.02. The first-order valence-corrected chi connectivity index (χ1v) is 6.76. The lowest BCUT2D eigenvalue weighted by molar-refractivity contribution is 0.0802. The van der Waals surface area contributed by atoms with Gasteiger partial charge in [0.05, 0.1) is 5.52 Å². The van der Waals surface area contributed by atoms with Gasteiger partial charge >= 0.3 is 0 Å². The van der Waals surface area contributed by atoms with Crippen molar-refractivity contribution in [3.8, 4) is 0 Å². The quantitative estimate of drug-likeness (QED) is 0.838. The van der Waals surface area contributed by atoms with Gasteiger partial charge in [0.2, 0.25) is 0 Å². The minimum Gasteiger partial charge on any atom is -0.327 e. The van der Waals surface area contributed by atoms with E-state index in [1.54, 1.807) is 6.20 Å². The van der Waals surface area contributed by atoms with Crippen LogP contribution in [-0.4, -0.2) is 16.8 Å². The number of fused-ring (bicyclic) bond motifs is 1. The van der Waals surface area contributed by atoms with Crippen molar-refractivity contribution in [2.75, 3.05) is 0 Å². The number of ketones is 1. The van der Waals surface area contributed by atoms with E-state index in [9.17, 15) is 4.79 Å². The lowest BCUT2D eigenvalue weighted by Gasteiger charge is -2.27. The summed E-state index contributed by atoms with van der Waals surface area (Å²) in [5.41, 5.74) is 7.29. The predicted molar refractivity (Wildman–Crippen MR) is 76.0 cm³/mol. The average Bonchev–Trinajstić information content (AvgIpc) is 2.78. The van der Waals surface area contributed by atoms with Crippen molar-refractivity contribution >= 4 is 16.7 Å². The maximum Gasteiger partial charge on any atom is 0.171 e. The molecule has 1 saturated carbocycles. The van der Waals surface area contributed by atoms with Crippen LogP contribution < -0.4 is 5.73 Å². The number of para-hydroxylation sites is 1. The van der Waals surface area contributed by atoms with Gasteiger partial charge in [0.15, 0.2) is 5.78 Å². The van der Waals surface area contributed by atoms with Gasteiger partial charge in [-0.2, -0.15) is 0 Å². The number of rotatable bonds is 2. The zero-order chi connectivity index (χ0) is 13.5. The molecular formula is C16H18N2O. The highest BCUT2D eigenvalue weighted by Crippen LogP contribution is 2.39. The predicted octanol–water partition coefficient (Wildman–Crippen LogP) is 2.94. The van der Waals surface area contributed by atoms with Crippen LogP contribution in [0.3, 0.4) is 0 Å². The lowest BCUT2D eigenvalue weighted by Crippen LogP contribution is -2.41. The average molecular weight is 254 g/mol. The van der Waals surface area contributed by atoms with Crippen molar-refractivity contribution in [3.05, 3.63) is 42.1 Å². The number of aromatic nitrogens is 1. The van der Waals surface area contributed by atoms with E-state index in [4.69, 9.17) is 5.73 Å². The fourth-order valence-corrected chi connectivity index (χ4v) is 3.00. The molecule has 0 saturated heterocycles. The number of carbonyl (C=O) groups excluding carboxylic acids is 1. The zero-order valence-electron chi connectivity index (χ0n) is 11.1. The highest BCUT2D eigenvalue weighted by molar-refractivity contribution is 6.02. The first-order chi connectivity index (χ1) is 9.11. The summed E-state index contributed by atoms with van der Waals surface area (Å²) in [5, 5.41) is 1.00. The second kappa shape index (κ2) is 4.42. The highest BCUT2D eigenvalue weighted by Gasteiger charge is 2.43. The van der Waals surface area contributed by atoms with Gasteiger partial charge in [-0.25, -0.2) is 0 Å². The van der Waals surface area contributed by atoms with Crippen molar-refractivity contribution in [2.45, 2.75) is 32.2 Å². The van der Waals surface area contributed by atoms with Gasteiger partial charge in [-0.05, 0) is 25.0 Å². The monoisotopic (exact) mass is 254 g/mol. The van der Waals surface area contributed by atoms with Gasteiger partial charge in [-0.3, -0.25) is 9.78 Å². The van der Waals surface area contributed by atoms with Crippen LogP contribution in [0.1, 0.15) is 36.5 Å². The third-order valence-corrected chi connectivity index (χ3v) is 4.40. The summed E-state index contributed by atoms with van der Waals surface area (Å²) in [7, 11) is 0. The second-order valence-corrected chi connectivity index (χ2v) is 5.66. The Morgan fingerprint density at radius 2 is 2.21 bits per heavy atom. The molecule has 2 unspecified atom stereocenters. The molecule has 0 bridgehead atoms. The molecule has 1 fully saturated rings. The Morgan fingerprint density at radius 3 is 2.95 bits per heavy atom. The largest absolute Gasteiger partial charge is 0.327 e. The first kappa shape index (κ1) is 12.3. The molecule has 0 spiro atoms. The van der Waals surface area contributed by atoms with Crippen LogP contribution in [0, 0.1) is 5.41 Å². The Morgan fingerprint density at radius 1 is 1.42 bits per heavy atom. The van der Waals surface area contributed by atoms with Crippen molar-refractivity contribution in [2.24, 2.45) is 11.1 Å². The van der Waals surface area contributed by atoms with Crippen molar-refractivity contribution < 1.29 is 4.79 Å². The van der Waals surface area contributed by atoms with Gasteiger partial charge in [-0.1, -0.05) is 31.5 Å². The maximum atomic E-state index is 12.7. The number of nitrogens with zero attached hydrogens (tertiary/aromatic N) is 1. The fraction of sp³-hybridized carbons (Fsp3) is 0.375. The van der Waals surface area contributed by atoms with Crippen LogP contribution in [0.2, 0.25) is 0 Å². The molecule has 0 aliphatic heterocycles. The summed E-state index contributed by atoms with van der Waals surface area (Å²) in [6, 6.07) is 9.74. The van der Waals surface area contributed by atoms with Crippen LogP contribution in [0.4, 0.5) is 0 Å². The number of benzene rings is 1. The second-order valence-electron chi connectivity index (χ2n) is 5.66. The lowest BCUT2D eigenvalue weighted by atomic mass is 9.78. The summed E-state index contributed by atoms with van der Waals surface area (Å²) in [6.07, 6.45) is 4.52. The fourth-order valence-electron chi connectivity index (χ4n) is 3.00. The molecule has 1 aliphatic rings. The first-order valence-electron chi connectivity index (χ1n) is 6.76. The SMILES string of the molecule is CC1(C(=O)c2cnc3ccccc3c2)CCCC1N. The molecule has 0 radical (unpaired) electrons. The molecule has 3 nitrogen and oxygen atoms in total. The van der Waals surface area contributed by atoms with Crippen molar-refractivity contribution in [1.82, 2.24) is 4.98 Å². The van der Waals surface area contributed by atoms with Crippen LogP contribution in [0.5, 0.6) is 0 Å². The van der Waals surface area contributed by atoms with Crippen molar-refractivity contribution in [1.29, 1.82) is 0 Å². The number of hydrogen-bond donors (Lipinski definition) is 1. The molecule has 1 heterocycles. The molecule has 2 aromatic rings. The number of Topliss-reactive ketones (excluding diaryl/α,β-unsaturated/α-hetero) is 1. The highest BCUT2D eigenvalue weighted by atomic mass is 16.1. The summed E-state index contributed by atoms with van der Waals surface area (Å²) >= 11 is 0. The van der Waals surface area contributed by atoms with E-state index < -0.39 is 5.41 Å². The standard InChI is InChI=1S/C16H18N2O/c1-16(8-4-7-14(16)17)15(19)12-9-11-5-2-3-6-13(11)18-10-12/h2-3,5-6,9-10,14H,4,7-8,17H2,1H3. The smallest absolute Gasteiger partial charge is 0.171 e. The summed E-state index contributed by atoms with van der Waals surface area (Å²) < 4.78 is 0. The van der Waals surface area contributed by atoms with Crippen LogP contribution in [-0.2, 0) is 0 Å². The van der Waals surface area contributed by atoms with E-state index in [2.05, 4.69) is 4.98 Å². The van der Waals surface area contributed by atoms with Crippen molar-refractivity contribution in [3.63, 3.8) is 0 Å². The summed E-state index contributed by atoms with van der Waals surface area (Å²) in [4.78, 5) is 17.1. The van der Waals surface area contributed by atoms with Crippen LogP contribution in [0.15, 0.2) is 36.5 Å². The minimum absolute atomic E-state index is 0.0357. The number of hydrogen-bond acceptors (Lipinski definition) is 3. The Hall–Kier alpha value is -1.74. The topological polar surface area (TPSA) is 56.0 Å². The van der Waals surface area contributed by atoms with Gasteiger partial charge in [0.25, 0.3) is 0 Å². The van der Waals surface area contributed by atoms with Gasteiger partial charge < -0.3 is 5.73 Å². The Kier molecular flexibility index (Phi) is 2.86. The molecule has 3 heteroatoms. The third kappa shape index (κ3) is 1.94. The van der Waals surface area contributed by atoms with Gasteiger partial charge in [-0.15, -0.1) is 0 Å². The van der Waals surface area contributed by atoms with E-state index >= 15 is 0 Å². The Labute approximate surface area is 112 Å². The van der Waals surface area contributed by atoms with E-state index in [0.29, 0.717) is 5.56 Å². The Bertz CT molecular complexity index is 637. The number of nitrogens with two attached hydrogens (primary N) is 1. The zero-order valence-corrected chi connectivity index (χ0v) is 11.1. The van der Waals surface area contributed by atoms with E-state index in [-0.39, 0.29) is 11.8 Å². The normalized spacial score (nSPS) is 26.7. The third-order valence-electron chi connectivity index (χ3n) is 4.40. The van der Waals surface area contributed by atoms with E-state index in [1.165, 1.54) is 0 Å². The molecule has 98 valence electrons. The van der Waals surface area contributed by atoms with Crippen LogP contribution in [0.25, 0.3) is 10.9 Å². The summed E-state index contributed by atoms with van der Waals surface area (Å²) in [5.74, 6) is 0.135. The molecule has 2 N–H and O–H groups in total. The molecular weight excluding hydrogens is 236 g/mol. The molecule has 1 aliphatic carbocycles. The maximum absolute atomic E-state index is 12.7. The molecule has 3 rings (SSSR count). The number of carbonyl (C=O) groups is 1. The van der Waals surface area contributed by atoms with E-state index in [1.807, 2.05) is 37.3 Å². The van der Waals surface area contributed by atoms with E-state index in [0.717, 1.165) is 30.2 Å². The summed E-state index contributed by atoms with van der Waals surface area (Å²) in [6.45, 7) is 1.99. The molecule has 2 atom stereocenters. The number of pyridine rings is 1. The minimum atomic E-state index is -0.426. The molecule has 0 amide bonds.